The fourth-order valence-corrected chi connectivity index (χ4v) is 9.73. The Hall–Kier alpha value is -6.19. The largest absolute Gasteiger partial charge is 0.450 e. The molecule has 5 heterocycles. The van der Waals surface area contributed by atoms with Gasteiger partial charge in [-0.15, -0.1) is 0 Å². The summed E-state index contributed by atoms with van der Waals surface area (Å²) in [4.78, 5) is 27.6. The molecule has 2 aliphatic heterocycles. The molecule has 0 radical (unpaired) electrons. The molecule has 0 unspecified atom stereocenters. The lowest BCUT2D eigenvalue weighted by Crippen LogP contribution is -2.22. The van der Waals surface area contributed by atoms with Gasteiger partial charge in [0.2, 0.25) is 17.8 Å². The Morgan fingerprint density at radius 3 is 1.35 bits per heavy atom. The number of rotatable bonds is 17. The first-order valence-electron chi connectivity index (χ1n) is 23.7. The first-order chi connectivity index (χ1) is 33.1. The highest BCUT2D eigenvalue weighted by Crippen LogP contribution is 2.49. The summed E-state index contributed by atoms with van der Waals surface area (Å²) in [6, 6.07) is 24.8. The van der Waals surface area contributed by atoms with Gasteiger partial charge in [0.1, 0.15) is 32.1 Å². The zero-order chi connectivity index (χ0) is 47.5. The average molecular weight is 956 g/mol. The van der Waals surface area contributed by atoms with E-state index < -0.39 is 0 Å². The van der Waals surface area contributed by atoms with E-state index in [2.05, 4.69) is 140 Å². The molecule has 3 aromatic heterocycles. The second-order valence-corrected chi connectivity index (χ2v) is 18.4. The van der Waals surface area contributed by atoms with Gasteiger partial charge in [-0.05, 0) is 117 Å². The van der Waals surface area contributed by atoms with Gasteiger partial charge < -0.3 is 44.4 Å². The molecule has 0 aliphatic carbocycles. The van der Waals surface area contributed by atoms with Crippen molar-refractivity contribution in [3.8, 4) is 23.0 Å². The van der Waals surface area contributed by atoms with E-state index in [-0.39, 0.29) is 0 Å². The van der Waals surface area contributed by atoms with Crippen LogP contribution in [0.25, 0.3) is 43.6 Å². The Morgan fingerprint density at radius 1 is 0.515 bits per heavy atom. The highest BCUT2D eigenvalue weighted by molar-refractivity contribution is 6.35. The van der Waals surface area contributed by atoms with E-state index >= 15 is 0 Å². The molecule has 14 nitrogen and oxygen atoms in total. The molecule has 354 valence electrons. The summed E-state index contributed by atoms with van der Waals surface area (Å²) >= 11 is 14.1. The highest BCUT2D eigenvalue weighted by atomic mass is 35.5. The van der Waals surface area contributed by atoms with Crippen molar-refractivity contribution < 1.29 is 9.47 Å². The molecule has 5 aromatic carbocycles. The molecule has 2 aliphatic rings. The maximum absolute atomic E-state index is 7.06. The Kier molecular flexibility index (Phi) is 14.2. The first-order valence-corrected chi connectivity index (χ1v) is 24.5. The number of halogens is 2. The molecule has 0 spiro atoms. The van der Waals surface area contributed by atoms with Crippen LogP contribution in [0.4, 0.5) is 29.2 Å². The van der Waals surface area contributed by atoms with Crippen LogP contribution in [-0.4, -0.2) is 95.3 Å². The number of nitrogens with zero attached hydrogens (tertiary/aromatic N) is 9. The predicted molar refractivity (Wildman–Crippen MR) is 280 cm³/mol. The molecule has 0 saturated carbocycles. The summed E-state index contributed by atoms with van der Waals surface area (Å²) in [5.74, 6) is 3.94. The van der Waals surface area contributed by atoms with Crippen molar-refractivity contribution in [1.29, 1.82) is 0 Å². The van der Waals surface area contributed by atoms with E-state index in [1.807, 2.05) is 31.3 Å². The van der Waals surface area contributed by atoms with Gasteiger partial charge >= 0.3 is 0 Å². The number of ether oxygens (including phenoxy) is 2. The first kappa shape index (κ1) is 46.9. The van der Waals surface area contributed by atoms with Crippen LogP contribution in [0.15, 0.2) is 82.8 Å². The van der Waals surface area contributed by atoms with Crippen molar-refractivity contribution in [2.24, 2.45) is 9.98 Å². The Labute approximate surface area is 407 Å². The zero-order valence-electron chi connectivity index (χ0n) is 40.0. The number of nitrogens with one attached hydrogen (secondary N) is 3. The van der Waals surface area contributed by atoms with Crippen molar-refractivity contribution in [1.82, 2.24) is 33.9 Å². The van der Waals surface area contributed by atoms with Crippen molar-refractivity contribution in [2.45, 2.75) is 65.5 Å². The molecule has 0 fully saturated rings. The molecule has 0 saturated heterocycles. The standard InChI is InChI=1S/C34H22Cl2N4O2.C18H38N8/c1-3-39-21-11-7-5-9-17(21)25-23(39)15-13-19-31(25)41-33-27(35)30-34(28(36)29(33)37-19)42-32-20(38-30)14-16-24-26(32)18-10-6-8-12-22(18)40(24)4-2;1-19-16-22-17(20-12-8-6-10-14-25(2)3)24-18(23-16)21-13-9-7-11-15-26(4)5/h5-16H,3-4H2,1-2H3;6-15H2,1-5H3,(H3,19,20,21,22,23,24). The SMILES string of the molecule is CCn1c2ccccc2c2c3c(ccc21)N=c1c(Cl)c2c(c(Cl)c1O3)=Nc1ccc3c(c1O2)c1ccccc1n3CC.CNc1nc(NCCCCCN(C)C)nc(NCCCCCN(C)C)n1. The van der Waals surface area contributed by atoms with Gasteiger partial charge in [-0.2, -0.15) is 15.0 Å². The van der Waals surface area contributed by atoms with Gasteiger partial charge in [0, 0.05) is 55.0 Å². The van der Waals surface area contributed by atoms with Gasteiger partial charge in [0.25, 0.3) is 0 Å². The molecule has 16 heteroatoms. The Bertz CT molecular complexity index is 3060. The molecular weight excluding hydrogens is 896 g/mol. The number of hydrogen-bond acceptors (Lipinski definition) is 12. The fraction of sp³-hybridized carbons (Fsp3) is 0.365. The van der Waals surface area contributed by atoms with Crippen molar-refractivity contribution >= 4 is 96.0 Å². The number of unbranched alkanes of at least 4 members (excludes halogenated alkanes) is 4. The lowest BCUT2D eigenvalue weighted by molar-refractivity contribution is 0.392. The van der Waals surface area contributed by atoms with E-state index in [0.717, 1.165) is 95.7 Å². The van der Waals surface area contributed by atoms with Crippen LogP contribution < -0.4 is 36.1 Å². The average Bonchev–Trinajstić information content (AvgIpc) is 3.87. The summed E-state index contributed by atoms with van der Waals surface area (Å²) < 4.78 is 17.8. The van der Waals surface area contributed by atoms with Gasteiger partial charge in [-0.3, -0.25) is 0 Å². The number of hydrogen-bond donors (Lipinski definition) is 3. The summed E-state index contributed by atoms with van der Waals surface area (Å²) in [6.45, 7) is 9.97. The van der Waals surface area contributed by atoms with E-state index in [1.54, 1.807) is 0 Å². The normalized spacial score (nSPS) is 12.5. The number of aromatic nitrogens is 5. The quantitative estimate of drug-likeness (QED) is 0.0757. The van der Waals surface area contributed by atoms with Crippen molar-refractivity contribution in [2.75, 3.05) is 77.4 Å². The van der Waals surface area contributed by atoms with Crippen LogP contribution in [-0.2, 0) is 13.1 Å². The smallest absolute Gasteiger partial charge is 0.229 e. The monoisotopic (exact) mass is 954 g/mol. The van der Waals surface area contributed by atoms with Crippen LogP contribution in [0, 0.1) is 0 Å². The third-order valence-electron chi connectivity index (χ3n) is 12.5. The van der Waals surface area contributed by atoms with Gasteiger partial charge in [-0.25, -0.2) is 9.98 Å². The van der Waals surface area contributed by atoms with E-state index in [4.69, 9.17) is 42.7 Å². The number of aryl methyl sites for hydroxylation is 2. The number of anilines is 3. The minimum atomic E-state index is 0.316. The molecule has 68 heavy (non-hydrogen) atoms. The second-order valence-electron chi connectivity index (χ2n) is 17.7. The minimum absolute atomic E-state index is 0.316. The van der Waals surface area contributed by atoms with Crippen LogP contribution in [0.1, 0.15) is 52.4 Å². The van der Waals surface area contributed by atoms with E-state index in [1.165, 1.54) is 25.7 Å². The van der Waals surface area contributed by atoms with Crippen LogP contribution in [0.5, 0.6) is 23.0 Å². The van der Waals surface area contributed by atoms with E-state index in [9.17, 15) is 0 Å². The second kappa shape index (κ2) is 20.6. The maximum Gasteiger partial charge on any atom is 0.229 e. The highest BCUT2D eigenvalue weighted by Gasteiger charge is 2.30. The summed E-state index contributed by atoms with van der Waals surface area (Å²) in [5, 5.41) is 15.3. The summed E-state index contributed by atoms with van der Waals surface area (Å²) in [7, 11) is 10.3. The summed E-state index contributed by atoms with van der Waals surface area (Å²) in [5.41, 5.74) is 5.81. The molecule has 3 N–H and O–H groups in total. The topological polar surface area (TPSA) is 134 Å². The minimum Gasteiger partial charge on any atom is -0.450 e. The number of fused-ring (bicyclic) bond motifs is 12. The molecular formula is C52H60Cl2N12O2. The maximum atomic E-state index is 7.06. The van der Waals surface area contributed by atoms with Crippen molar-refractivity contribution in [3.05, 3.63) is 93.6 Å². The predicted octanol–water partition coefficient (Wildman–Crippen LogP) is 11.6. The Balaban J connectivity index is 0.000000193. The molecule has 0 bridgehead atoms. The van der Waals surface area contributed by atoms with Crippen molar-refractivity contribution in [3.63, 3.8) is 0 Å². The lowest BCUT2D eigenvalue weighted by atomic mass is 10.1. The third kappa shape index (κ3) is 9.22. The van der Waals surface area contributed by atoms with Gasteiger partial charge in [0.05, 0.1) is 21.8 Å². The molecule has 0 amide bonds. The number of para-hydroxylation sites is 2. The van der Waals surface area contributed by atoms with Crippen LogP contribution in [0.3, 0.4) is 0 Å². The zero-order valence-corrected chi connectivity index (χ0v) is 41.5. The fourth-order valence-electron chi connectivity index (χ4n) is 9.22. The van der Waals surface area contributed by atoms with Gasteiger partial charge in [-0.1, -0.05) is 72.4 Å². The third-order valence-corrected chi connectivity index (χ3v) is 13.2. The van der Waals surface area contributed by atoms with Gasteiger partial charge in [0.15, 0.2) is 23.0 Å². The summed E-state index contributed by atoms with van der Waals surface area (Å²) in [6.07, 6.45) is 7.06. The molecule has 0 atom stereocenters. The van der Waals surface area contributed by atoms with Crippen LogP contribution >= 0.6 is 23.2 Å². The number of benzene rings is 5. The Morgan fingerprint density at radius 2 is 0.941 bits per heavy atom. The van der Waals surface area contributed by atoms with E-state index in [0.29, 0.717) is 73.0 Å². The molecule has 8 aromatic rings. The lowest BCUT2D eigenvalue weighted by Gasteiger charge is -2.22. The van der Waals surface area contributed by atoms with Crippen LogP contribution in [0.2, 0.25) is 10.0 Å². The molecule has 10 rings (SSSR count).